The Morgan fingerprint density at radius 2 is 1.86 bits per heavy atom. The molecule has 3 heteroatoms. The van der Waals surface area contributed by atoms with Crippen LogP contribution in [-0.4, -0.2) is 26.2 Å². The van der Waals surface area contributed by atoms with Crippen LogP contribution in [0.4, 0.5) is 5.69 Å². The van der Waals surface area contributed by atoms with Crippen LogP contribution in [0.5, 0.6) is 0 Å². The number of hydrogen-bond donors (Lipinski definition) is 0. The molecule has 3 nitrogen and oxygen atoms in total. The smallest absolute Gasteiger partial charge is 0.331 e. The number of carbonyl (C=O) groups is 1. The van der Waals surface area contributed by atoms with Crippen LogP contribution in [0.15, 0.2) is 30.3 Å². The number of hydrogen-bond acceptors (Lipinski definition) is 3. The van der Waals surface area contributed by atoms with Gasteiger partial charge in [-0.05, 0) is 43.0 Å². The van der Waals surface area contributed by atoms with Crippen molar-refractivity contribution in [1.29, 1.82) is 0 Å². The van der Waals surface area contributed by atoms with Crippen molar-refractivity contribution >= 4 is 17.7 Å². The lowest BCUT2D eigenvalue weighted by Crippen LogP contribution is -2.15. The summed E-state index contributed by atoms with van der Waals surface area (Å²) in [4.78, 5) is 13.9. The maximum Gasteiger partial charge on any atom is 0.331 e. The SMILES string of the molecule is CCCCCC(CC)OC(=O)C=Cc1ccc(N(C)C)cc1. The fraction of sp³-hybridized carbons (Fsp3) is 0.526. The van der Waals surface area contributed by atoms with Gasteiger partial charge in [-0.15, -0.1) is 0 Å². The van der Waals surface area contributed by atoms with Gasteiger partial charge in [0, 0.05) is 25.9 Å². The fourth-order valence-electron chi connectivity index (χ4n) is 2.22. The van der Waals surface area contributed by atoms with Crippen LogP contribution in [0, 0.1) is 0 Å². The number of benzene rings is 1. The highest BCUT2D eigenvalue weighted by molar-refractivity contribution is 5.87. The molecule has 22 heavy (non-hydrogen) atoms. The van der Waals surface area contributed by atoms with E-state index >= 15 is 0 Å². The predicted octanol–water partition coefficient (Wildman–Crippen LogP) is 4.67. The number of nitrogens with zero attached hydrogens (tertiary/aromatic N) is 1. The van der Waals surface area contributed by atoms with Crippen molar-refractivity contribution in [2.24, 2.45) is 0 Å². The van der Waals surface area contributed by atoms with E-state index in [9.17, 15) is 4.79 Å². The number of carbonyl (C=O) groups excluding carboxylic acids is 1. The molecule has 1 rings (SSSR count). The van der Waals surface area contributed by atoms with E-state index in [1.165, 1.54) is 18.9 Å². The van der Waals surface area contributed by atoms with Crippen LogP contribution in [0.25, 0.3) is 6.08 Å². The van der Waals surface area contributed by atoms with Gasteiger partial charge < -0.3 is 9.64 Å². The summed E-state index contributed by atoms with van der Waals surface area (Å²) >= 11 is 0. The molecule has 0 saturated heterocycles. The monoisotopic (exact) mass is 303 g/mol. The molecule has 0 amide bonds. The summed E-state index contributed by atoms with van der Waals surface area (Å²) in [5.74, 6) is -0.250. The zero-order chi connectivity index (χ0) is 16.4. The van der Waals surface area contributed by atoms with Crippen LogP contribution in [0.1, 0.15) is 51.5 Å². The highest BCUT2D eigenvalue weighted by Crippen LogP contribution is 2.14. The number of anilines is 1. The Balaban J connectivity index is 2.48. The number of esters is 1. The van der Waals surface area contributed by atoms with E-state index in [1.807, 2.05) is 43.3 Å². The number of unbranched alkanes of at least 4 members (excludes halogenated alkanes) is 2. The minimum Gasteiger partial charge on any atom is -0.459 e. The number of rotatable bonds is 9. The average molecular weight is 303 g/mol. The largest absolute Gasteiger partial charge is 0.459 e. The van der Waals surface area contributed by atoms with Gasteiger partial charge >= 0.3 is 5.97 Å². The molecule has 0 aromatic heterocycles. The lowest BCUT2D eigenvalue weighted by atomic mass is 10.1. The van der Waals surface area contributed by atoms with Gasteiger partial charge in [0.15, 0.2) is 0 Å². The molecule has 0 aliphatic carbocycles. The Hall–Kier alpha value is -1.77. The summed E-state index contributed by atoms with van der Waals surface area (Å²) in [6.07, 6.45) is 8.71. The third kappa shape index (κ3) is 6.79. The van der Waals surface area contributed by atoms with E-state index in [2.05, 4.69) is 13.8 Å². The van der Waals surface area contributed by atoms with Gasteiger partial charge in [0.05, 0.1) is 0 Å². The van der Waals surface area contributed by atoms with Gasteiger partial charge in [-0.3, -0.25) is 0 Å². The molecule has 0 aliphatic heterocycles. The van der Waals surface area contributed by atoms with Crippen LogP contribution in [0.2, 0.25) is 0 Å². The molecule has 1 aromatic carbocycles. The van der Waals surface area contributed by atoms with Crippen molar-refractivity contribution < 1.29 is 9.53 Å². The van der Waals surface area contributed by atoms with Crippen molar-refractivity contribution in [2.75, 3.05) is 19.0 Å². The van der Waals surface area contributed by atoms with Gasteiger partial charge in [-0.25, -0.2) is 4.79 Å². The molecule has 1 atom stereocenters. The third-order valence-corrected chi connectivity index (χ3v) is 3.69. The first-order valence-corrected chi connectivity index (χ1v) is 8.22. The second-order valence-electron chi connectivity index (χ2n) is 5.78. The fourth-order valence-corrected chi connectivity index (χ4v) is 2.22. The van der Waals surface area contributed by atoms with Crippen molar-refractivity contribution in [3.63, 3.8) is 0 Å². The Morgan fingerprint density at radius 3 is 2.41 bits per heavy atom. The molecule has 122 valence electrons. The maximum absolute atomic E-state index is 11.9. The molecular formula is C19H29NO2. The normalized spacial score (nSPS) is 12.4. The van der Waals surface area contributed by atoms with Gasteiger partial charge in [-0.2, -0.15) is 0 Å². The molecule has 1 unspecified atom stereocenters. The van der Waals surface area contributed by atoms with E-state index < -0.39 is 0 Å². The second kappa shape index (κ2) is 10.0. The molecule has 0 fully saturated rings. The summed E-state index contributed by atoms with van der Waals surface area (Å²) in [5, 5.41) is 0. The molecule has 0 heterocycles. The molecule has 0 aliphatic rings. The zero-order valence-electron chi connectivity index (χ0n) is 14.3. The number of ether oxygens (including phenoxy) is 1. The van der Waals surface area contributed by atoms with Gasteiger partial charge in [-0.1, -0.05) is 38.8 Å². The van der Waals surface area contributed by atoms with Crippen LogP contribution >= 0.6 is 0 Å². The molecule has 0 radical (unpaired) electrons. The predicted molar refractivity (Wildman–Crippen MR) is 94.1 cm³/mol. The minimum atomic E-state index is -0.250. The zero-order valence-corrected chi connectivity index (χ0v) is 14.3. The Kier molecular flexibility index (Phi) is 8.34. The van der Waals surface area contributed by atoms with Gasteiger partial charge in [0.2, 0.25) is 0 Å². The molecule has 1 aromatic rings. The van der Waals surface area contributed by atoms with Gasteiger partial charge in [0.1, 0.15) is 6.10 Å². The quantitative estimate of drug-likeness (QED) is 0.377. The summed E-state index contributed by atoms with van der Waals surface area (Å²) in [7, 11) is 4.01. The standard InChI is InChI=1S/C19H29NO2/c1-5-7-8-9-18(6-2)22-19(21)15-12-16-10-13-17(14-11-16)20(3)4/h10-15,18H,5-9H2,1-4H3. The summed E-state index contributed by atoms with van der Waals surface area (Å²) in [5.41, 5.74) is 2.14. The lowest BCUT2D eigenvalue weighted by molar-refractivity contribution is -0.143. The summed E-state index contributed by atoms with van der Waals surface area (Å²) < 4.78 is 5.50. The summed E-state index contributed by atoms with van der Waals surface area (Å²) in [6, 6.07) is 8.06. The van der Waals surface area contributed by atoms with E-state index in [4.69, 9.17) is 4.74 Å². The highest BCUT2D eigenvalue weighted by atomic mass is 16.5. The Labute approximate surface area is 135 Å². The Morgan fingerprint density at radius 1 is 1.18 bits per heavy atom. The first kappa shape index (κ1) is 18.3. The molecular weight excluding hydrogens is 274 g/mol. The lowest BCUT2D eigenvalue weighted by Gasteiger charge is -2.14. The Bertz CT molecular complexity index is 463. The van der Waals surface area contributed by atoms with E-state index in [-0.39, 0.29) is 12.1 Å². The van der Waals surface area contributed by atoms with Crippen molar-refractivity contribution in [3.8, 4) is 0 Å². The van der Waals surface area contributed by atoms with Crippen LogP contribution < -0.4 is 4.90 Å². The van der Waals surface area contributed by atoms with Crippen molar-refractivity contribution in [2.45, 2.75) is 52.1 Å². The third-order valence-electron chi connectivity index (χ3n) is 3.69. The first-order valence-electron chi connectivity index (χ1n) is 8.22. The molecule has 0 bridgehead atoms. The van der Waals surface area contributed by atoms with E-state index in [0.717, 1.165) is 30.5 Å². The molecule has 0 saturated carbocycles. The highest BCUT2D eigenvalue weighted by Gasteiger charge is 2.09. The van der Waals surface area contributed by atoms with Crippen LogP contribution in [-0.2, 0) is 9.53 Å². The minimum absolute atomic E-state index is 0.0415. The van der Waals surface area contributed by atoms with E-state index in [1.54, 1.807) is 6.08 Å². The maximum atomic E-state index is 11.9. The van der Waals surface area contributed by atoms with E-state index in [0.29, 0.717) is 0 Å². The first-order chi connectivity index (χ1) is 10.6. The van der Waals surface area contributed by atoms with Crippen LogP contribution in [0.3, 0.4) is 0 Å². The summed E-state index contributed by atoms with van der Waals surface area (Å²) in [6.45, 7) is 4.24. The van der Waals surface area contributed by atoms with Gasteiger partial charge in [0.25, 0.3) is 0 Å². The molecule has 0 N–H and O–H groups in total. The second-order valence-corrected chi connectivity index (χ2v) is 5.78. The average Bonchev–Trinajstić information content (AvgIpc) is 2.52. The topological polar surface area (TPSA) is 29.5 Å². The van der Waals surface area contributed by atoms with Crippen molar-refractivity contribution in [3.05, 3.63) is 35.9 Å². The molecule has 0 spiro atoms. The van der Waals surface area contributed by atoms with Crippen molar-refractivity contribution in [1.82, 2.24) is 0 Å².